The molecule has 0 saturated carbocycles. The summed E-state index contributed by atoms with van der Waals surface area (Å²) < 4.78 is 33.5. The summed E-state index contributed by atoms with van der Waals surface area (Å²) >= 11 is 6.79. The van der Waals surface area contributed by atoms with Gasteiger partial charge in [0.1, 0.15) is 0 Å². The van der Waals surface area contributed by atoms with E-state index in [1.165, 1.54) is 0 Å². The number of nitrogens with one attached hydrogen (secondary N) is 1. The van der Waals surface area contributed by atoms with Crippen molar-refractivity contribution in [1.29, 1.82) is 0 Å². The third kappa shape index (κ3) is 6.10. The zero-order valence-corrected chi connectivity index (χ0v) is 19.8. The first kappa shape index (κ1) is 22.4. The quantitative estimate of drug-likeness (QED) is 0.427. The molecule has 0 atom stereocenters. The molecular formula is C20H17Br2N3O4S. The average Bonchev–Trinajstić information content (AvgIpc) is 2.68. The molecule has 1 heterocycles. The fourth-order valence-electron chi connectivity index (χ4n) is 2.56. The molecule has 0 amide bonds. The second-order valence-electron chi connectivity index (χ2n) is 6.14. The van der Waals surface area contributed by atoms with E-state index in [9.17, 15) is 13.2 Å². The van der Waals surface area contributed by atoms with Crippen molar-refractivity contribution in [3.8, 4) is 22.5 Å². The molecule has 0 aliphatic carbocycles. The van der Waals surface area contributed by atoms with Crippen LogP contribution >= 0.6 is 31.9 Å². The van der Waals surface area contributed by atoms with Crippen LogP contribution in [-0.4, -0.2) is 36.7 Å². The van der Waals surface area contributed by atoms with E-state index in [4.69, 9.17) is 4.74 Å². The lowest BCUT2D eigenvalue weighted by atomic mass is 10.1. The maximum Gasteiger partial charge on any atom is 0.323 e. The maximum atomic E-state index is 12.4. The van der Waals surface area contributed by atoms with Crippen LogP contribution in [0.4, 0.5) is 5.95 Å². The zero-order chi connectivity index (χ0) is 21.7. The molecule has 0 aliphatic heterocycles. The molecule has 0 bridgehead atoms. The van der Waals surface area contributed by atoms with Crippen molar-refractivity contribution in [2.24, 2.45) is 0 Å². The molecule has 0 fully saturated rings. The van der Waals surface area contributed by atoms with Gasteiger partial charge >= 0.3 is 5.97 Å². The molecule has 0 aliphatic rings. The number of halogens is 2. The monoisotopic (exact) mass is 553 g/mol. The Labute approximate surface area is 191 Å². The second-order valence-corrected chi connectivity index (χ2v) is 9.70. The van der Waals surface area contributed by atoms with Gasteiger partial charge in [-0.25, -0.2) is 18.4 Å². The number of hydrogen-bond donors (Lipinski definition) is 1. The predicted octanol–water partition coefficient (Wildman–Crippen LogP) is 4.64. The fourth-order valence-corrected chi connectivity index (χ4v) is 3.93. The molecule has 30 heavy (non-hydrogen) atoms. The summed E-state index contributed by atoms with van der Waals surface area (Å²) in [7, 11) is -4.03. The van der Waals surface area contributed by atoms with Crippen molar-refractivity contribution >= 4 is 53.8 Å². The average molecular weight is 555 g/mol. The molecule has 0 spiro atoms. The van der Waals surface area contributed by atoms with Crippen molar-refractivity contribution in [3.05, 3.63) is 63.5 Å². The third-order valence-electron chi connectivity index (χ3n) is 3.87. The van der Waals surface area contributed by atoms with Gasteiger partial charge in [-0.15, -0.1) is 0 Å². The van der Waals surface area contributed by atoms with Crippen LogP contribution in [0.2, 0.25) is 0 Å². The third-order valence-corrected chi connectivity index (χ3v) is 6.03. The van der Waals surface area contributed by atoms with Crippen LogP contribution in [-0.2, 0) is 19.6 Å². The van der Waals surface area contributed by atoms with Gasteiger partial charge < -0.3 is 4.74 Å². The second kappa shape index (κ2) is 9.67. The Kier molecular flexibility index (Phi) is 7.22. The molecule has 3 rings (SSSR count). The molecule has 3 aromatic rings. The van der Waals surface area contributed by atoms with Gasteiger partial charge in [0, 0.05) is 20.1 Å². The molecule has 1 N–H and O–H groups in total. The number of ether oxygens (including phenoxy) is 1. The zero-order valence-electron chi connectivity index (χ0n) is 15.8. The van der Waals surface area contributed by atoms with Crippen molar-refractivity contribution in [1.82, 2.24) is 9.97 Å². The Morgan fingerprint density at radius 1 is 0.933 bits per heavy atom. The predicted molar refractivity (Wildman–Crippen MR) is 122 cm³/mol. The van der Waals surface area contributed by atoms with Gasteiger partial charge in [-0.05, 0) is 37.3 Å². The van der Waals surface area contributed by atoms with Gasteiger partial charge in [0.15, 0.2) is 5.75 Å². The van der Waals surface area contributed by atoms with E-state index in [1.54, 1.807) is 13.0 Å². The minimum Gasteiger partial charge on any atom is -0.465 e. The van der Waals surface area contributed by atoms with Gasteiger partial charge in [-0.3, -0.25) is 9.52 Å². The summed E-state index contributed by atoms with van der Waals surface area (Å²) in [5, 5.41) is 0. The van der Waals surface area contributed by atoms with Crippen LogP contribution in [0, 0.1) is 0 Å². The summed E-state index contributed by atoms with van der Waals surface area (Å²) in [6, 6.07) is 16.6. The van der Waals surface area contributed by atoms with E-state index in [2.05, 4.69) is 46.5 Å². The Morgan fingerprint density at radius 3 is 1.83 bits per heavy atom. The number of hydrogen-bond acceptors (Lipinski definition) is 6. The van der Waals surface area contributed by atoms with E-state index in [0.717, 1.165) is 20.1 Å². The number of aromatic nitrogens is 2. The van der Waals surface area contributed by atoms with Crippen LogP contribution in [0.5, 0.6) is 0 Å². The van der Waals surface area contributed by atoms with Crippen molar-refractivity contribution < 1.29 is 17.9 Å². The number of esters is 1. The molecule has 0 unspecified atom stereocenters. The van der Waals surface area contributed by atoms with E-state index in [0.29, 0.717) is 11.4 Å². The fraction of sp³-hybridized carbons (Fsp3) is 0.150. The first-order chi connectivity index (χ1) is 14.3. The number of carbonyl (C=O) groups is 1. The van der Waals surface area contributed by atoms with Gasteiger partial charge in [-0.2, -0.15) is 0 Å². The van der Waals surface area contributed by atoms with Gasteiger partial charge in [0.05, 0.1) is 18.0 Å². The van der Waals surface area contributed by atoms with Crippen molar-refractivity contribution in [3.63, 3.8) is 0 Å². The highest BCUT2D eigenvalue weighted by molar-refractivity contribution is 9.10. The lowest BCUT2D eigenvalue weighted by Gasteiger charge is -2.11. The standard InChI is InChI=1S/C20H17Br2N3O4S/c1-2-29-19(26)12-30(27,28)25-20-23-17(13-3-7-15(21)8-4-13)11-18(24-20)14-5-9-16(22)10-6-14/h3-11H,2,12H2,1H3,(H,23,24,25). The Bertz CT molecular complexity index is 1090. The molecular weight excluding hydrogens is 538 g/mol. The van der Waals surface area contributed by atoms with Gasteiger partial charge in [0.25, 0.3) is 0 Å². The minimum atomic E-state index is -4.03. The SMILES string of the molecule is CCOC(=O)CS(=O)(=O)Nc1nc(-c2ccc(Br)cc2)cc(-c2ccc(Br)cc2)n1. The van der Waals surface area contributed by atoms with Crippen LogP contribution < -0.4 is 4.72 Å². The van der Waals surface area contributed by atoms with Gasteiger partial charge in [0.2, 0.25) is 16.0 Å². The Morgan fingerprint density at radius 2 is 1.40 bits per heavy atom. The van der Waals surface area contributed by atoms with Gasteiger partial charge in [-0.1, -0.05) is 56.1 Å². The number of rotatable bonds is 7. The van der Waals surface area contributed by atoms with Crippen LogP contribution in [0.25, 0.3) is 22.5 Å². The highest BCUT2D eigenvalue weighted by Crippen LogP contribution is 2.27. The molecule has 0 radical (unpaired) electrons. The number of benzene rings is 2. The summed E-state index contributed by atoms with van der Waals surface area (Å²) in [6.45, 7) is 1.70. The van der Waals surface area contributed by atoms with E-state index in [1.807, 2.05) is 48.5 Å². The summed E-state index contributed by atoms with van der Waals surface area (Å²) in [4.78, 5) is 20.3. The largest absolute Gasteiger partial charge is 0.465 e. The maximum absolute atomic E-state index is 12.4. The van der Waals surface area contributed by atoms with Crippen molar-refractivity contribution in [2.75, 3.05) is 17.1 Å². The minimum absolute atomic E-state index is 0.0949. The molecule has 0 saturated heterocycles. The summed E-state index contributed by atoms with van der Waals surface area (Å²) in [6.07, 6.45) is 0. The number of carbonyl (C=O) groups excluding carboxylic acids is 1. The highest BCUT2D eigenvalue weighted by Gasteiger charge is 2.20. The van der Waals surface area contributed by atoms with Crippen LogP contribution in [0.1, 0.15) is 6.92 Å². The molecule has 2 aromatic carbocycles. The molecule has 10 heteroatoms. The lowest BCUT2D eigenvalue weighted by molar-refractivity contribution is -0.139. The Balaban J connectivity index is 2.02. The van der Waals surface area contributed by atoms with Crippen LogP contribution in [0.3, 0.4) is 0 Å². The number of sulfonamides is 1. The lowest BCUT2D eigenvalue weighted by Crippen LogP contribution is -2.25. The molecule has 156 valence electrons. The first-order valence-electron chi connectivity index (χ1n) is 8.83. The van der Waals surface area contributed by atoms with Crippen LogP contribution in [0.15, 0.2) is 63.5 Å². The number of anilines is 1. The molecule has 1 aromatic heterocycles. The Hall–Kier alpha value is -2.30. The smallest absolute Gasteiger partial charge is 0.323 e. The van der Waals surface area contributed by atoms with E-state index < -0.39 is 21.7 Å². The molecule has 7 nitrogen and oxygen atoms in total. The topological polar surface area (TPSA) is 98.2 Å². The first-order valence-corrected chi connectivity index (χ1v) is 12.1. The summed E-state index contributed by atoms with van der Waals surface area (Å²) in [5.74, 6) is -1.79. The van der Waals surface area contributed by atoms with E-state index >= 15 is 0 Å². The highest BCUT2D eigenvalue weighted by atomic mass is 79.9. The normalized spacial score (nSPS) is 11.2. The van der Waals surface area contributed by atoms with E-state index in [-0.39, 0.29) is 12.6 Å². The number of nitrogens with zero attached hydrogens (tertiary/aromatic N) is 2. The summed E-state index contributed by atoms with van der Waals surface area (Å²) in [5.41, 5.74) is 2.63. The van der Waals surface area contributed by atoms with Crippen molar-refractivity contribution in [2.45, 2.75) is 6.92 Å².